The minimum absolute atomic E-state index is 0.491. The van der Waals surface area contributed by atoms with Crippen LogP contribution in [0.2, 0.25) is 5.02 Å². The molecule has 1 aromatic carbocycles. The average molecular weight is 200 g/mol. The van der Waals surface area contributed by atoms with E-state index in [1.807, 2.05) is 24.3 Å². The van der Waals surface area contributed by atoms with Crippen molar-refractivity contribution in [3.8, 4) is 0 Å². The number of H-pyrrole nitrogens is 1. The van der Waals surface area contributed by atoms with Crippen molar-refractivity contribution in [3.63, 3.8) is 0 Å². The molecule has 0 fully saturated rings. The molecule has 0 aliphatic carbocycles. The zero-order chi connectivity index (χ0) is 8.55. The summed E-state index contributed by atoms with van der Waals surface area (Å²) in [5.41, 5.74) is 2.04. The summed E-state index contributed by atoms with van der Waals surface area (Å²) in [6, 6.07) is 7.75. The van der Waals surface area contributed by atoms with E-state index in [-0.39, 0.29) is 0 Å². The predicted molar refractivity (Wildman–Crippen MR) is 52.9 cm³/mol. The molecule has 62 valence electrons. The molecule has 0 atom stereocenters. The lowest BCUT2D eigenvalue weighted by Crippen LogP contribution is -1.72. The molecule has 2 rings (SSSR count). The van der Waals surface area contributed by atoms with E-state index >= 15 is 0 Å². The first-order valence-electron chi connectivity index (χ1n) is 3.63. The van der Waals surface area contributed by atoms with Gasteiger partial charge in [-0.05, 0) is 18.2 Å². The summed E-state index contributed by atoms with van der Waals surface area (Å²) in [5, 5.41) is 1.80. The number of fused-ring (bicyclic) bond motifs is 1. The highest BCUT2D eigenvalue weighted by molar-refractivity contribution is 6.35. The maximum atomic E-state index is 5.96. The van der Waals surface area contributed by atoms with Gasteiger partial charge in [0.1, 0.15) is 0 Å². The lowest BCUT2D eigenvalue weighted by molar-refractivity contribution is 1.26. The van der Waals surface area contributed by atoms with E-state index in [0.717, 1.165) is 21.6 Å². The molecular formula is C9H7Cl2N. The normalized spacial score (nSPS) is 10.8. The summed E-state index contributed by atoms with van der Waals surface area (Å²) in [5.74, 6) is 0.491. The molecule has 1 heterocycles. The standard InChI is InChI=1S/C9H7Cl2N/c10-5-6-4-7-8(11)2-1-3-9(7)12-6/h1-4,12H,5H2. The van der Waals surface area contributed by atoms with E-state index in [1.54, 1.807) is 0 Å². The smallest absolute Gasteiger partial charge is 0.0625 e. The van der Waals surface area contributed by atoms with Gasteiger partial charge < -0.3 is 4.98 Å². The number of hydrogen-bond donors (Lipinski definition) is 1. The van der Waals surface area contributed by atoms with Gasteiger partial charge in [0.15, 0.2) is 0 Å². The summed E-state index contributed by atoms with van der Waals surface area (Å²) < 4.78 is 0. The number of nitrogens with one attached hydrogen (secondary N) is 1. The number of aromatic amines is 1. The van der Waals surface area contributed by atoms with Crippen LogP contribution in [0.1, 0.15) is 5.69 Å². The Kier molecular flexibility index (Phi) is 1.99. The lowest BCUT2D eigenvalue weighted by atomic mass is 10.2. The van der Waals surface area contributed by atoms with Crippen LogP contribution in [0.25, 0.3) is 10.9 Å². The van der Waals surface area contributed by atoms with Gasteiger partial charge in [-0.3, -0.25) is 0 Å². The van der Waals surface area contributed by atoms with Crippen LogP contribution in [0.3, 0.4) is 0 Å². The van der Waals surface area contributed by atoms with Gasteiger partial charge in [-0.25, -0.2) is 0 Å². The molecule has 0 amide bonds. The molecule has 0 aliphatic rings. The van der Waals surface area contributed by atoms with Crippen molar-refractivity contribution < 1.29 is 0 Å². The lowest BCUT2D eigenvalue weighted by Gasteiger charge is -1.89. The molecule has 1 N–H and O–H groups in total. The van der Waals surface area contributed by atoms with Crippen molar-refractivity contribution in [1.82, 2.24) is 4.98 Å². The van der Waals surface area contributed by atoms with Gasteiger partial charge in [0.2, 0.25) is 0 Å². The Hall–Kier alpha value is -0.660. The number of hydrogen-bond acceptors (Lipinski definition) is 0. The SMILES string of the molecule is ClCc1cc2c(Cl)cccc2[nH]1. The van der Waals surface area contributed by atoms with Crippen LogP contribution in [0.4, 0.5) is 0 Å². The van der Waals surface area contributed by atoms with E-state index in [9.17, 15) is 0 Å². The molecule has 3 heteroatoms. The number of alkyl halides is 1. The highest BCUT2D eigenvalue weighted by atomic mass is 35.5. The molecule has 12 heavy (non-hydrogen) atoms. The van der Waals surface area contributed by atoms with Gasteiger partial charge in [0.05, 0.1) is 5.88 Å². The Balaban J connectivity index is 2.74. The second-order valence-corrected chi connectivity index (χ2v) is 3.30. The molecule has 1 nitrogen and oxygen atoms in total. The maximum absolute atomic E-state index is 5.96. The van der Waals surface area contributed by atoms with Crippen molar-refractivity contribution in [2.45, 2.75) is 5.88 Å². The number of halogens is 2. The third-order valence-electron chi connectivity index (χ3n) is 1.81. The molecule has 0 radical (unpaired) electrons. The van der Waals surface area contributed by atoms with E-state index in [0.29, 0.717) is 5.88 Å². The van der Waals surface area contributed by atoms with Crippen molar-refractivity contribution in [1.29, 1.82) is 0 Å². The maximum Gasteiger partial charge on any atom is 0.0625 e. The number of rotatable bonds is 1. The van der Waals surface area contributed by atoms with Crippen molar-refractivity contribution in [3.05, 3.63) is 35.0 Å². The fourth-order valence-corrected chi connectivity index (χ4v) is 1.62. The molecule has 0 bridgehead atoms. The van der Waals surface area contributed by atoms with Crippen LogP contribution >= 0.6 is 23.2 Å². The molecule has 0 unspecified atom stereocenters. The molecule has 1 aromatic heterocycles. The fraction of sp³-hybridized carbons (Fsp3) is 0.111. The van der Waals surface area contributed by atoms with Gasteiger partial charge in [-0.15, -0.1) is 11.6 Å². The van der Waals surface area contributed by atoms with Gasteiger partial charge in [-0.2, -0.15) is 0 Å². The number of benzene rings is 1. The first kappa shape index (κ1) is 7.96. The highest BCUT2D eigenvalue weighted by Gasteiger charge is 2.01. The van der Waals surface area contributed by atoms with Crippen LogP contribution in [0, 0.1) is 0 Å². The molecule has 0 saturated heterocycles. The van der Waals surface area contributed by atoms with Gasteiger partial charge in [0.25, 0.3) is 0 Å². The molecule has 0 saturated carbocycles. The largest absolute Gasteiger partial charge is 0.357 e. The minimum Gasteiger partial charge on any atom is -0.357 e. The first-order chi connectivity index (χ1) is 5.81. The Morgan fingerprint density at radius 1 is 1.33 bits per heavy atom. The van der Waals surface area contributed by atoms with Crippen molar-refractivity contribution in [2.24, 2.45) is 0 Å². The quantitative estimate of drug-likeness (QED) is 0.677. The number of aromatic nitrogens is 1. The third-order valence-corrected chi connectivity index (χ3v) is 2.43. The summed E-state index contributed by atoms with van der Waals surface area (Å²) in [4.78, 5) is 3.17. The third kappa shape index (κ3) is 1.19. The van der Waals surface area contributed by atoms with E-state index in [1.165, 1.54) is 0 Å². The summed E-state index contributed by atoms with van der Waals surface area (Å²) in [7, 11) is 0. The Morgan fingerprint density at radius 2 is 2.17 bits per heavy atom. The Bertz CT molecular complexity index is 406. The molecule has 0 aliphatic heterocycles. The monoisotopic (exact) mass is 199 g/mol. The summed E-state index contributed by atoms with van der Waals surface area (Å²) >= 11 is 11.6. The Morgan fingerprint density at radius 3 is 2.83 bits per heavy atom. The van der Waals surface area contributed by atoms with E-state index in [2.05, 4.69) is 4.98 Å². The van der Waals surface area contributed by atoms with Crippen LogP contribution < -0.4 is 0 Å². The zero-order valence-corrected chi connectivity index (χ0v) is 7.78. The van der Waals surface area contributed by atoms with Crippen molar-refractivity contribution >= 4 is 34.1 Å². The average Bonchev–Trinajstić information content (AvgIpc) is 2.49. The molecule has 2 aromatic rings. The molecule has 0 spiro atoms. The van der Waals surface area contributed by atoms with Crippen LogP contribution in [0.5, 0.6) is 0 Å². The summed E-state index contributed by atoms with van der Waals surface area (Å²) in [6.45, 7) is 0. The van der Waals surface area contributed by atoms with Gasteiger partial charge >= 0.3 is 0 Å². The molecular weight excluding hydrogens is 193 g/mol. The predicted octanol–water partition coefficient (Wildman–Crippen LogP) is 3.56. The van der Waals surface area contributed by atoms with E-state index in [4.69, 9.17) is 23.2 Å². The second kappa shape index (κ2) is 3.00. The summed E-state index contributed by atoms with van der Waals surface area (Å²) in [6.07, 6.45) is 0. The van der Waals surface area contributed by atoms with E-state index < -0.39 is 0 Å². The Labute approximate surface area is 80.3 Å². The topological polar surface area (TPSA) is 15.8 Å². The zero-order valence-electron chi connectivity index (χ0n) is 6.27. The fourth-order valence-electron chi connectivity index (χ4n) is 1.25. The van der Waals surface area contributed by atoms with Crippen LogP contribution in [-0.4, -0.2) is 4.98 Å². The van der Waals surface area contributed by atoms with Crippen LogP contribution in [-0.2, 0) is 5.88 Å². The van der Waals surface area contributed by atoms with Crippen LogP contribution in [0.15, 0.2) is 24.3 Å². The first-order valence-corrected chi connectivity index (χ1v) is 4.54. The van der Waals surface area contributed by atoms with Gasteiger partial charge in [-0.1, -0.05) is 17.7 Å². The van der Waals surface area contributed by atoms with Crippen molar-refractivity contribution in [2.75, 3.05) is 0 Å². The van der Waals surface area contributed by atoms with Gasteiger partial charge in [0, 0.05) is 21.6 Å². The highest BCUT2D eigenvalue weighted by Crippen LogP contribution is 2.24. The second-order valence-electron chi connectivity index (χ2n) is 2.63. The minimum atomic E-state index is 0.491.